The highest BCUT2D eigenvalue weighted by Crippen LogP contribution is 2.21. The van der Waals surface area contributed by atoms with Gasteiger partial charge >= 0.3 is 0 Å². The van der Waals surface area contributed by atoms with Crippen LogP contribution >= 0.6 is 0 Å². The van der Waals surface area contributed by atoms with Crippen LogP contribution in [0.15, 0.2) is 42.5 Å². The molecule has 0 saturated heterocycles. The van der Waals surface area contributed by atoms with E-state index in [0.29, 0.717) is 23.6 Å². The van der Waals surface area contributed by atoms with E-state index in [1.165, 1.54) is 12.5 Å². The molecule has 0 unspecified atom stereocenters. The Morgan fingerprint density at radius 2 is 1.69 bits per heavy atom. The Bertz CT molecular complexity index is 1040. The van der Waals surface area contributed by atoms with E-state index in [9.17, 15) is 9.59 Å². The van der Waals surface area contributed by atoms with E-state index < -0.39 is 0 Å². The first-order valence-corrected chi connectivity index (χ1v) is 9.55. The van der Waals surface area contributed by atoms with E-state index in [1.54, 1.807) is 16.8 Å². The van der Waals surface area contributed by atoms with Gasteiger partial charge in [-0.1, -0.05) is 42.5 Å². The molecule has 7 heteroatoms. The van der Waals surface area contributed by atoms with Crippen LogP contribution in [0.1, 0.15) is 46.7 Å². The van der Waals surface area contributed by atoms with E-state index in [2.05, 4.69) is 52.1 Å². The van der Waals surface area contributed by atoms with Crippen molar-refractivity contribution in [1.82, 2.24) is 15.0 Å². The summed E-state index contributed by atoms with van der Waals surface area (Å²) in [5.41, 5.74) is 5.47. The van der Waals surface area contributed by atoms with E-state index >= 15 is 0 Å². The molecule has 0 aliphatic rings. The second kappa shape index (κ2) is 8.68. The number of aromatic nitrogens is 3. The number of benzene rings is 2. The number of hydrogen-bond donors (Lipinski definition) is 2. The molecule has 0 atom stereocenters. The highest BCUT2D eigenvalue weighted by molar-refractivity contribution is 6.04. The van der Waals surface area contributed by atoms with E-state index in [4.69, 9.17) is 0 Å². The van der Waals surface area contributed by atoms with Gasteiger partial charge in [-0.05, 0) is 49.1 Å². The molecule has 2 aromatic carbocycles. The summed E-state index contributed by atoms with van der Waals surface area (Å²) in [5.74, 6) is -0.505. The fourth-order valence-corrected chi connectivity index (χ4v) is 2.99. The standard InChI is InChI=1S/C22H25N5O2/c1-5-17-7-9-18(10-8-17)13-27-15(3)21(25-26-27)22(29)24-20-12-19(23-16(4)28)11-6-14(20)2/h6-12H,5,13H2,1-4H3,(H,23,28)(H,24,29). The van der Waals surface area contributed by atoms with Crippen molar-refractivity contribution in [2.24, 2.45) is 0 Å². The molecule has 0 fully saturated rings. The molecule has 2 amide bonds. The Labute approximate surface area is 170 Å². The first-order chi connectivity index (χ1) is 13.9. The van der Waals surface area contributed by atoms with E-state index in [-0.39, 0.29) is 17.5 Å². The average Bonchev–Trinajstić information content (AvgIpc) is 3.05. The Morgan fingerprint density at radius 1 is 1.00 bits per heavy atom. The third-order valence-corrected chi connectivity index (χ3v) is 4.77. The average molecular weight is 391 g/mol. The van der Waals surface area contributed by atoms with Gasteiger partial charge in [-0.15, -0.1) is 5.10 Å². The molecule has 29 heavy (non-hydrogen) atoms. The van der Waals surface area contributed by atoms with Crippen LogP contribution in [0, 0.1) is 13.8 Å². The molecule has 0 aliphatic heterocycles. The monoisotopic (exact) mass is 391 g/mol. The third-order valence-electron chi connectivity index (χ3n) is 4.77. The second-order valence-electron chi connectivity index (χ2n) is 7.02. The van der Waals surface area contributed by atoms with Crippen LogP contribution < -0.4 is 10.6 Å². The van der Waals surface area contributed by atoms with Crippen molar-refractivity contribution in [3.05, 3.63) is 70.5 Å². The van der Waals surface area contributed by atoms with Gasteiger partial charge in [0.2, 0.25) is 5.91 Å². The number of nitrogens with zero attached hydrogens (tertiary/aromatic N) is 3. The molecular weight excluding hydrogens is 366 g/mol. The van der Waals surface area contributed by atoms with Crippen LogP contribution in [0.5, 0.6) is 0 Å². The number of carbonyl (C=O) groups is 2. The molecular formula is C22H25N5O2. The maximum atomic E-state index is 12.8. The molecule has 1 heterocycles. The summed E-state index contributed by atoms with van der Waals surface area (Å²) < 4.78 is 1.72. The molecule has 0 aliphatic carbocycles. The van der Waals surface area contributed by atoms with Crippen molar-refractivity contribution < 1.29 is 9.59 Å². The Hall–Kier alpha value is -3.48. The van der Waals surface area contributed by atoms with Crippen LogP contribution in [0.3, 0.4) is 0 Å². The van der Waals surface area contributed by atoms with Crippen LogP contribution in [-0.2, 0) is 17.8 Å². The quantitative estimate of drug-likeness (QED) is 0.670. The van der Waals surface area contributed by atoms with E-state index in [1.807, 2.05) is 19.9 Å². The summed E-state index contributed by atoms with van der Waals surface area (Å²) >= 11 is 0. The van der Waals surface area contributed by atoms with Gasteiger partial charge in [0.25, 0.3) is 5.91 Å². The Kier molecular flexibility index (Phi) is 6.07. The summed E-state index contributed by atoms with van der Waals surface area (Å²) in [7, 11) is 0. The predicted octanol–water partition coefficient (Wildman–Crippen LogP) is 3.72. The zero-order valence-corrected chi connectivity index (χ0v) is 17.1. The lowest BCUT2D eigenvalue weighted by molar-refractivity contribution is -0.114. The lowest BCUT2D eigenvalue weighted by Gasteiger charge is -2.10. The summed E-state index contributed by atoms with van der Waals surface area (Å²) in [4.78, 5) is 24.0. The molecule has 150 valence electrons. The van der Waals surface area contributed by atoms with Gasteiger partial charge in [0.05, 0.1) is 12.2 Å². The van der Waals surface area contributed by atoms with Gasteiger partial charge in [0.15, 0.2) is 5.69 Å². The summed E-state index contributed by atoms with van der Waals surface area (Å²) in [6, 6.07) is 13.7. The van der Waals surface area contributed by atoms with Gasteiger partial charge in [0.1, 0.15) is 0 Å². The first kappa shape index (κ1) is 20.3. The van der Waals surface area contributed by atoms with Crippen molar-refractivity contribution in [2.45, 2.75) is 40.7 Å². The van der Waals surface area contributed by atoms with Crippen LogP contribution in [0.25, 0.3) is 0 Å². The normalized spacial score (nSPS) is 10.6. The molecule has 2 N–H and O–H groups in total. The fraction of sp³-hybridized carbons (Fsp3) is 0.273. The molecule has 1 aromatic heterocycles. The van der Waals surface area contributed by atoms with Crippen LogP contribution in [0.2, 0.25) is 0 Å². The number of hydrogen-bond acceptors (Lipinski definition) is 4. The lowest BCUT2D eigenvalue weighted by atomic mass is 10.1. The molecule has 0 saturated carbocycles. The largest absolute Gasteiger partial charge is 0.326 e. The minimum atomic E-state index is -0.335. The van der Waals surface area contributed by atoms with Gasteiger partial charge in [-0.25, -0.2) is 4.68 Å². The summed E-state index contributed by atoms with van der Waals surface area (Å²) in [6.45, 7) is 7.82. The van der Waals surface area contributed by atoms with Crippen LogP contribution in [-0.4, -0.2) is 26.8 Å². The van der Waals surface area contributed by atoms with E-state index in [0.717, 1.165) is 17.5 Å². The zero-order chi connectivity index (χ0) is 21.0. The van der Waals surface area contributed by atoms with Crippen molar-refractivity contribution >= 4 is 23.2 Å². The fourth-order valence-electron chi connectivity index (χ4n) is 2.99. The van der Waals surface area contributed by atoms with Gasteiger partial charge < -0.3 is 10.6 Å². The number of anilines is 2. The summed E-state index contributed by atoms with van der Waals surface area (Å²) in [6.07, 6.45) is 0.996. The molecule has 0 spiro atoms. The second-order valence-corrected chi connectivity index (χ2v) is 7.02. The van der Waals surface area contributed by atoms with Gasteiger partial charge in [0, 0.05) is 18.3 Å². The number of carbonyl (C=O) groups excluding carboxylic acids is 2. The number of aryl methyl sites for hydroxylation is 2. The van der Waals surface area contributed by atoms with Crippen molar-refractivity contribution in [3.63, 3.8) is 0 Å². The Morgan fingerprint density at radius 3 is 2.34 bits per heavy atom. The minimum Gasteiger partial charge on any atom is -0.326 e. The Balaban J connectivity index is 1.76. The van der Waals surface area contributed by atoms with Crippen molar-refractivity contribution in [1.29, 1.82) is 0 Å². The number of nitrogens with one attached hydrogen (secondary N) is 2. The van der Waals surface area contributed by atoms with Crippen molar-refractivity contribution in [3.8, 4) is 0 Å². The third kappa shape index (κ3) is 4.87. The summed E-state index contributed by atoms with van der Waals surface area (Å²) in [5, 5.41) is 13.8. The first-order valence-electron chi connectivity index (χ1n) is 9.55. The molecule has 0 bridgehead atoms. The smallest absolute Gasteiger partial charge is 0.278 e. The zero-order valence-electron chi connectivity index (χ0n) is 17.1. The predicted molar refractivity (Wildman–Crippen MR) is 113 cm³/mol. The topological polar surface area (TPSA) is 88.9 Å². The van der Waals surface area contributed by atoms with Gasteiger partial charge in [-0.2, -0.15) is 0 Å². The highest BCUT2D eigenvalue weighted by Gasteiger charge is 2.18. The lowest BCUT2D eigenvalue weighted by Crippen LogP contribution is -2.16. The molecule has 0 radical (unpaired) electrons. The maximum absolute atomic E-state index is 12.8. The van der Waals surface area contributed by atoms with Crippen molar-refractivity contribution in [2.75, 3.05) is 10.6 Å². The molecule has 3 aromatic rings. The maximum Gasteiger partial charge on any atom is 0.278 e. The molecule has 3 rings (SSSR count). The number of rotatable bonds is 6. The highest BCUT2D eigenvalue weighted by atomic mass is 16.2. The van der Waals surface area contributed by atoms with Crippen LogP contribution in [0.4, 0.5) is 11.4 Å². The SMILES string of the molecule is CCc1ccc(Cn2nnc(C(=O)Nc3cc(NC(C)=O)ccc3C)c2C)cc1. The van der Waals surface area contributed by atoms with Gasteiger partial charge in [-0.3, -0.25) is 9.59 Å². The number of amides is 2. The molecule has 7 nitrogen and oxygen atoms in total. The minimum absolute atomic E-state index is 0.170.